The van der Waals surface area contributed by atoms with Gasteiger partial charge in [-0.25, -0.2) is 0 Å². The minimum Gasteiger partial charge on any atom is -0.469 e. The van der Waals surface area contributed by atoms with E-state index in [9.17, 15) is 14.4 Å². The van der Waals surface area contributed by atoms with Gasteiger partial charge in [-0.15, -0.1) is 0 Å². The molecule has 1 aliphatic rings. The van der Waals surface area contributed by atoms with Crippen molar-refractivity contribution >= 4 is 23.4 Å². The number of nitrogens with one attached hydrogen (secondary N) is 1. The van der Waals surface area contributed by atoms with Crippen LogP contribution in [0, 0.1) is 0 Å². The molecule has 0 saturated carbocycles. The fraction of sp³-hybridized carbons (Fsp3) is 0.316. The van der Waals surface area contributed by atoms with Crippen molar-refractivity contribution in [3.8, 4) is 0 Å². The van der Waals surface area contributed by atoms with E-state index in [0.717, 1.165) is 18.6 Å². The zero-order valence-corrected chi connectivity index (χ0v) is 14.0. The Morgan fingerprint density at radius 2 is 1.84 bits per heavy atom. The van der Waals surface area contributed by atoms with E-state index in [0.29, 0.717) is 11.3 Å². The van der Waals surface area contributed by atoms with Crippen LogP contribution in [0.4, 0.5) is 5.69 Å². The molecule has 3 rings (SSSR count). The number of hydrogen-bond acceptors (Lipinski definition) is 4. The summed E-state index contributed by atoms with van der Waals surface area (Å²) < 4.78 is 5.28. The molecular formula is C19H20N2O4. The summed E-state index contributed by atoms with van der Waals surface area (Å²) in [6.45, 7) is 1.94. The van der Waals surface area contributed by atoms with Gasteiger partial charge in [0.2, 0.25) is 11.8 Å². The minimum atomic E-state index is -0.200. The van der Waals surface area contributed by atoms with Gasteiger partial charge >= 0.3 is 0 Å². The highest BCUT2D eigenvalue weighted by Gasteiger charge is 2.30. The fourth-order valence-electron chi connectivity index (χ4n) is 2.82. The molecule has 1 aromatic heterocycles. The lowest BCUT2D eigenvalue weighted by Crippen LogP contribution is -2.33. The van der Waals surface area contributed by atoms with Gasteiger partial charge in [-0.1, -0.05) is 0 Å². The molecule has 1 atom stereocenters. The average Bonchev–Trinajstić information content (AvgIpc) is 3.23. The molecule has 1 aromatic carbocycles. The van der Waals surface area contributed by atoms with Crippen LogP contribution < -0.4 is 10.2 Å². The number of carbonyl (C=O) groups excluding carboxylic acids is 3. The van der Waals surface area contributed by atoms with Crippen molar-refractivity contribution < 1.29 is 18.8 Å². The van der Waals surface area contributed by atoms with E-state index in [-0.39, 0.29) is 36.6 Å². The molecule has 0 unspecified atom stereocenters. The third-order valence-electron chi connectivity index (χ3n) is 4.22. The van der Waals surface area contributed by atoms with Crippen LogP contribution in [-0.4, -0.2) is 23.8 Å². The van der Waals surface area contributed by atoms with Gasteiger partial charge in [0.1, 0.15) is 5.76 Å². The first-order valence-electron chi connectivity index (χ1n) is 8.33. The molecule has 1 fully saturated rings. The van der Waals surface area contributed by atoms with Gasteiger partial charge in [0.25, 0.3) is 5.91 Å². The van der Waals surface area contributed by atoms with Crippen molar-refractivity contribution in [3.05, 3.63) is 54.0 Å². The van der Waals surface area contributed by atoms with Crippen LogP contribution in [-0.2, 0) is 16.0 Å². The van der Waals surface area contributed by atoms with Crippen molar-refractivity contribution in [3.63, 3.8) is 0 Å². The van der Waals surface area contributed by atoms with Gasteiger partial charge in [-0.2, -0.15) is 0 Å². The Bertz CT molecular complexity index is 749. The van der Waals surface area contributed by atoms with Crippen molar-refractivity contribution in [2.24, 2.45) is 0 Å². The van der Waals surface area contributed by atoms with E-state index in [1.807, 2.05) is 19.1 Å². The van der Waals surface area contributed by atoms with Crippen molar-refractivity contribution in [1.29, 1.82) is 0 Å². The van der Waals surface area contributed by atoms with E-state index >= 15 is 0 Å². The van der Waals surface area contributed by atoms with Crippen LogP contribution in [0.2, 0.25) is 0 Å². The first-order valence-corrected chi connectivity index (χ1v) is 8.33. The predicted molar refractivity (Wildman–Crippen MR) is 92.1 cm³/mol. The maximum Gasteiger partial charge on any atom is 0.251 e. The second-order valence-corrected chi connectivity index (χ2v) is 6.16. The number of aryl methyl sites for hydroxylation is 1. The molecule has 6 heteroatoms. The van der Waals surface area contributed by atoms with E-state index in [2.05, 4.69) is 5.32 Å². The summed E-state index contributed by atoms with van der Waals surface area (Å²) in [7, 11) is 0. The molecule has 2 heterocycles. The maximum atomic E-state index is 12.3. The normalized spacial score (nSPS) is 15.5. The Morgan fingerprint density at radius 3 is 2.44 bits per heavy atom. The number of anilines is 1. The SMILES string of the molecule is C[C@@H](CCc1ccco1)NC(=O)c1ccc(N2C(=O)CCC2=O)cc1. The van der Waals surface area contributed by atoms with E-state index in [1.54, 1.807) is 30.5 Å². The van der Waals surface area contributed by atoms with E-state index < -0.39 is 0 Å². The molecule has 0 spiro atoms. The molecule has 0 bridgehead atoms. The van der Waals surface area contributed by atoms with Crippen LogP contribution in [0.3, 0.4) is 0 Å². The van der Waals surface area contributed by atoms with Crippen LogP contribution in [0.5, 0.6) is 0 Å². The van der Waals surface area contributed by atoms with Gasteiger partial charge in [-0.05, 0) is 49.7 Å². The van der Waals surface area contributed by atoms with E-state index in [4.69, 9.17) is 4.42 Å². The number of nitrogens with zero attached hydrogens (tertiary/aromatic N) is 1. The number of benzene rings is 1. The van der Waals surface area contributed by atoms with Crippen LogP contribution in [0.25, 0.3) is 0 Å². The molecule has 1 N–H and O–H groups in total. The average molecular weight is 340 g/mol. The highest BCUT2D eigenvalue weighted by atomic mass is 16.3. The van der Waals surface area contributed by atoms with Gasteiger partial charge in [0.05, 0.1) is 12.0 Å². The van der Waals surface area contributed by atoms with Gasteiger partial charge in [-0.3, -0.25) is 19.3 Å². The molecule has 0 radical (unpaired) electrons. The molecule has 1 saturated heterocycles. The van der Waals surface area contributed by atoms with Gasteiger partial charge < -0.3 is 9.73 Å². The number of hydrogen-bond donors (Lipinski definition) is 1. The number of carbonyl (C=O) groups is 3. The summed E-state index contributed by atoms with van der Waals surface area (Å²) in [6.07, 6.45) is 3.65. The summed E-state index contributed by atoms with van der Waals surface area (Å²) in [5.41, 5.74) is 1.00. The summed E-state index contributed by atoms with van der Waals surface area (Å²) in [5, 5.41) is 2.94. The Labute approximate surface area is 145 Å². The second kappa shape index (κ2) is 7.34. The number of rotatable bonds is 6. The number of amides is 3. The molecule has 130 valence electrons. The third kappa shape index (κ3) is 3.96. The highest BCUT2D eigenvalue weighted by Crippen LogP contribution is 2.22. The lowest BCUT2D eigenvalue weighted by atomic mass is 10.1. The Hall–Kier alpha value is -2.89. The zero-order chi connectivity index (χ0) is 17.8. The molecule has 1 aliphatic heterocycles. The minimum absolute atomic E-state index is 0.000913. The van der Waals surface area contributed by atoms with Crippen LogP contribution in [0.1, 0.15) is 42.3 Å². The Balaban J connectivity index is 1.57. The third-order valence-corrected chi connectivity index (χ3v) is 4.22. The molecule has 25 heavy (non-hydrogen) atoms. The molecule has 6 nitrogen and oxygen atoms in total. The number of furan rings is 1. The Kier molecular flexibility index (Phi) is 4.97. The van der Waals surface area contributed by atoms with Crippen molar-refractivity contribution in [2.75, 3.05) is 4.90 Å². The molecule has 0 aliphatic carbocycles. The second-order valence-electron chi connectivity index (χ2n) is 6.16. The fourth-order valence-corrected chi connectivity index (χ4v) is 2.82. The molecule has 2 aromatic rings. The first kappa shape index (κ1) is 17.0. The van der Waals surface area contributed by atoms with Crippen molar-refractivity contribution in [2.45, 2.75) is 38.6 Å². The smallest absolute Gasteiger partial charge is 0.251 e. The topological polar surface area (TPSA) is 79.6 Å². The largest absolute Gasteiger partial charge is 0.469 e. The molecule has 3 amide bonds. The van der Waals surface area contributed by atoms with Crippen LogP contribution >= 0.6 is 0 Å². The Morgan fingerprint density at radius 1 is 1.16 bits per heavy atom. The zero-order valence-electron chi connectivity index (χ0n) is 14.0. The van der Waals surface area contributed by atoms with Gasteiger partial charge in [0.15, 0.2) is 0 Å². The van der Waals surface area contributed by atoms with Gasteiger partial charge in [0, 0.05) is 30.9 Å². The number of imide groups is 1. The molecular weight excluding hydrogens is 320 g/mol. The first-order chi connectivity index (χ1) is 12.0. The maximum absolute atomic E-state index is 12.3. The summed E-state index contributed by atoms with van der Waals surface area (Å²) in [6, 6.07) is 10.3. The summed E-state index contributed by atoms with van der Waals surface area (Å²) in [4.78, 5) is 36.9. The van der Waals surface area contributed by atoms with Crippen LogP contribution in [0.15, 0.2) is 47.1 Å². The van der Waals surface area contributed by atoms with E-state index in [1.165, 1.54) is 4.90 Å². The highest BCUT2D eigenvalue weighted by molar-refractivity contribution is 6.19. The monoisotopic (exact) mass is 340 g/mol. The summed E-state index contributed by atoms with van der Waals surface area (Å²) >= 11 is 0. The lowest BCUT2D eigenvalue weighted by molar-refractivity contribution is -0.121. The standard InChI is InChI=1S/C19H20N2O4/c1-13(4-9-16-3-2-12-25-16)20-19(24)14-5-7-15(8-6-14)21-17(22)10-11-18(21)23/h2-3,5-8,12-13H,4,9-11H2,1H3,(H,20,24)/t13-/m0/s1. The quantitative estimate of drug-likeness (QED) is 0.820. The lowest BCUT2D eigenvalue weighted by Gasteiger charge is -2.15. The van der Waals surface area contributed by atoms with Crippen molar-refractivity contribution in [1.82, 2.24) is 5.32 Å². The predicted octanol–water partition coefficient (Wildman–Crippen LogP) is 2.68. The summed E-state index contributed by atoms with van der Waals surface area (Å²) in [5.74, 6) is 0.311.